The summed E-state index contributed by atoms with van der Waals surface area (Å²) in [5.74, 6) is 0. The van der Waals surface area contributed by atoms with E-state index in [1.807, 2.05) is 0 Å². The molecular weight excluding hydrogens is 566 g/mol. The molecule has 0 aliphatic carbocycles. The second kappa shape index (κ2) is 11.5. The fourth-order valence-corrected chi connectivity index (χ4v) is 3.48. The fourth-order valence-electron chi connectivity index (χ4n) is 3.48. The number of alkyl carbamates (subject to hydrolysis) is 1. The molecule has 230 valence electrons. The minimum atomic E-state index is -5.49. The molecule has 2 aromatic heterocycles. The number of nitrogens with one attached hydrogen (secondary N) is 2. The van der Waals surface area contributed by atoms with Crippen LogP contribution >= 0.6 is 0 Å². The summed E-state index contributed by atoms with van der Waals surface area (Å²) >= 11 is 0. The summed E-state index contributed by atoms with van der Waals surface area (Å²) in [6.45, 7) is 1.45. The van der Waals surface area contributed by atoms with E-state index in [-0.39, 0.29) is 21.8 Å². The van der Waals surface area contributed by atoms with Gasteiger partial charge in [-0.2, -0.15) is 31.4 Å². The van der Waals surface area contributed by atoms with Crippen molar-refractivity contribution in [3.63, 3.8) is 0 Å². The number of halogens is 6. The molecule has 0 saturated carbocycles. The molecule has 1 fully saturated rings. The average molecular weight is 602 g/mol. The van der Waals surface area contributed by atoms with Gasteiger partial charge in [0, 0.05) is 12.7 Å². The summed E-state index contributed by atoms with van der Waals surface area (Å²) in [5, 5.41) is 7.85. The zero-order valence-electron chi connectivity index (χ0n) is 25.9. The number of alkyl halides is 6. The maximum absolute atomic E-state index is 13.7. The van der Waals surface area contributed by atoms with Crippen molar-refractivity contribution < 1.29 is 54.3 Å². The number of hydrogen-bond acceptors (Lipinski definition) is 7. The van der Waals surface area contributed by atoms with Crippen molar-refractivity contribution in [2.75, 3.05) is 26.8 Å². The van der Waals surface area contributed by atoms with Crippen molar-refractivity contribution in [2.45, 2.75) is 76.3 Å². The van der Waals surface area contributed by atoms with Crippen molar-refractivity contribution in [2.24, 2.45) is 0 Å². The Morgan fingerprint density at radius 2 is 1.88 bits per heavy atom. The van der Waals surface area contributed by atoms with Gasteiger partial charge in [0.05, 0.1) is 54.0 Å². The molecule has 0 unspecified atom stereocenters. The molecule has 1 aliphatic heterocycles. The minimum absolute atomic E-state index is 0.0433. The van der Waals surface area contributed by atoms with E-state index in [1.54, 1.807) is 20.8 Å². The van der Waals surface area contributed by atoms with Gasteiger partial charge in [0.15, 0.2) is 11.2 Å². The van der Waals surface area contributed by atoms with E-state index in [1.165, 1.54) is 17.6 Å². The number of amides is 3. The van der Waals surface area contributed by atoms with Crippen LogP contribution in [0.3, 0.4) is 0 Å². The highest BCUT2D eigenvalue weighted by Crippen LogP contribution is 2.34. The second-order valence-electron chi connectivity index (χ2n) is 10.5. The van der Waals surface area contributed by atoms with Crippen molar-refractivity contribution in [1.82, 2.24) is 30.1 Å². The van der Waals surface area contributed by atoms with Crippen LogP contribution in [0, 0.1) is 0 Å². The molecule has 11 nitrogen and oxygen atoms in total. The predicted molar refractivity (Wildman–Crippen MR) is 131 cm³/mol. The van der Waals surface area contributed by atoms with Gasteiger partial charge in [-0.1, -0.05) is 0 Å². The predicted octanol–water partition coefficient (Wildman–Crippen LogP) is 4.30. The fraction of sp³-hybridized carbons (Fsp3) is 0.667. The average Bonchev–Trinajstić information content (AvgIpc) is 3.34. The Morgan fingerprint density at radius 1 is 1.22 bits per heavy atom. The summed E-state index contributed by atoms with van der Waals surface area (Å²) < 4.78 is 122. The van der Waals surface area contributed by atoms with Crippen molar-refractivity contribution >= 4 is 17.8 Å². The second-order valence-corrected chi connectivity index (χ2v) is 10.5. The Balaban J connectivity index is 2.02. The highest BCUT2D eigenvalue weighted by atomic mass is 19.4. The third-order valence-electron chi connectivity index (χ3n) is 5.69. The number of imidazole rings is 1. The number of urea groups is 1. The van der Waals surface area contributed by atoms with Gasteiger partial charge < -0.3 is 29.7 Å². The number of nitrogens with zero attached hydrogens (tertiary/aromatic N) is 4. The van der Waals surface area contributed by atoms with Gasteiger partial charge in [0.2, 0.25) is 0 Å². The largest absolute Gasteiger partial charge is 0.444 e. The molecule has 3 rings (SSSR count). The van der Waals surface area contributed by atoms with Gasteiger partial charge >= 0.3 is 24.5 Å². The number of fused-ring (bicyclic) bond motifs is 1. The molecular formula is C24H32F6N6O5. The van der Waals surface area contributed by atoms with E-state index in [2.05, 4.69) is 15.4 Å². The zero-order chi connectivity index (χ0) is 33.7. The molecule has 0 spiro atoms. The van der Waals surface area contributed by atoms with Crippen LogP contribution < -0.4 is 10.6 Å². The first-order valence-electron chi connectivity index (χ1n) is 13.6. The van der Waals surface area contributed by atoms with Crippen LogP contribution in [0.1, 0.15) is 62.1 Å². The molecule has 3 amide bonds. The third-order valence-corrected chi connectivity index (χ3v) is 5.69. The first-order valence-corrected chi connectivity index (χ1v) is 12.1. The van der Waals surface area contributed by atoms with E-state index < -0.39 is 73.5 Å². The summed E-state index contributed by atoms with van der Waals surface area (Å²) in [5.41, 5.74) is -3.70. The number of ether oxygens (including phenoxy) is 3. The van der Waals surface area contributed by atoms with Gasteiger partial charge in [0.25, 0.3) is 0 Å². The van der Waals surface area contributed by atoms with E-state index in [0.717, 1.165) is 31.7 Å². The van der Waals surface area contributed by atoms with E-state index in [4.69, 9.17) is 18.3 Å². The van der Waals surface area contributed by atoms with Gasteiger partial charge in [-0.15, -0.1) is 0 Å². The molecule has 17 heteroatoms. The minimum Gasteiger partial charge on any atom is -0.444 e. The number of methoxy groups -OCH3 is 1. The first-order chi connectivity index (χ1) is 19.8. The lowest BCUT2D eigenvalue weighted by molar-refractivity contribution is -0.265. The Kier molecular flexibility index (Phi) is 7.80. The molecule has 1 aliphatic rings. The lowest BCUT2D eigenvalue weighted by Gasteiger charge is -2.30. The SMILES string of the molecule is [2H]C1([2H])N([C@H](COC)c2cnn3cc([C@H](COC(C)(C)C(F)(F)F)NC(=O)OC(C)(C)C)nc3c2)C(=O)N[C@]1([2H])C(F)(F)F. The number of carbonyl (C=O) groups is 2. The lowest BCUT2D eigenvalue weighted by Crippen LogP contribution is -2.44. The molecule has 41 heavy (non-hydrogen) atoms. The molecule has 3 heterocycles. The summed E-state index contributed by atoms with van der Waals surface area (Å²) in [4.78, 5) is 29.6. The van der Waals surface area contributed by atoms with Crippen LogP contribution in [0.5, 0.6) is 0 Å². The summed E-state index contributed by atoms with van der Waals surface area (Å²) in [7, 11) is 1.16. The molecule has 2 aromatic rings. The summed E-state index contributed by atoms with van der Waals surface area (Å²) in [6, 6.07) is -7.15. The molecule has 2 N–H and O–H groups in total. The monoisotopic (exact) mass is 601 g/mol. The van der Waals surface area contributed by atoms with Crippen LogP contribution in [0.15, 0.2) is 18.5 Å². The highest BCUT2D eigenvalue weighted by molar-refractivity contribution is 5.77. The van der Waals surface area contributed by atoms with E-state index >= 15 is 0 Å². The number of aromatic nitrogens is 3. The highest BCUT2D eigenvalue weighted by Gasteiger charge is 2.50. The standard InChI is InChI=1S/C24H32F6N6O5/c1-21(2,3)41-20(38)33-15(11-40-22(4,5)24(28,29)30)14-9-36-18(32-14)7-13(8-31-36)16(12-39-6)35-10-17(23(25,26)27)34-19(35)37/h7-9,15-17H,10-12H2,1-6H3,(H,33,38)(H,34,37)/t15-,16+,17-/m0/s1/i10D2,17D. The maximum Gasteiger partial charge on any atom is 0.416 e. The number of rotatable bonds is 9. The van der Waals surface area contributed by atoms with Gasteiger partial charge in [-0.05, 0) is 40.7 Å². The molecule has 3 atom stereocenters. The number of carbonyl (C=O) groups excluding carboxylic acids is 2. The lowest BCUT2D eigenvalue weighted by atomic mass is 10.1. The van der Waals surface area contributed by atoms with Crippen molar-refractivity contribution in [3.8, 4) is 0 Å². The summed E-state index contributed by atoms with van der Waals surface area (Å²) in [6.07, 6.45) is -8.91. The van der Waals surface area contributed by atoms with Crippen LogP contribution in [-0.2, 0) is 14.2 Å². The van der Waals surface area contributed by atoms with Gasteiger partial charge in [-0.25, -0.2) is 19.1 Å². The smallest absolute Gasteiger partial charge is 0.416 e. The third kappa shape index (κ3) is 7.90. The number of hydrogen-bond donors (Lipinski definition) is 2. The molecule has 1 saturated heterocycles. The quantitative estimate of drug-likeness (QED) is 0.412. The Labute approximate surface area is 235 Å². The van der Waals surface area contributed by atoms with Crippen LogP contribution in [0.2, 0.25) is 0 Å². The Bertz CT molecular complexity index is 1380. The van der Waals surface area contributed by atoms with Gasteiger partial charge in [0.1, 0.15) is 11.6 Å². The molecule has 0 radical (unpaired) electrons. The van der Waals surface area contributed by atoms with E-state index in [0.29, 0.717) is 0 Å². The zero-order valence-corrected chi connectivity index (χ0v) is 22.9. The Hall–Kier alpha value is -3.34. The van der Waals surface area contributed by atoms with Crippen molar-refractivity contribution in [1.29, 1.82) is 0 Å². The topological polar surface area (TPSA) is 119 Å². The van der Waals surface area contributed by atoms with Crippen molar-refractivity contribution in [3.05, 3.63) is 29.7 Å². The normalized spacial score (nSPS) is 22.5. The van der Waals surface area contributed by atoms with Crippen LogP contribution in [0.4, 0.5) is 35.9 Å². The molecule has 0 aromatic carbocycles. The maximum atomic E-state index is 13.7. The van der Waals surface area contributed by atoms with Crippen LogP contribution in [0.25, 0.3) is 5.65 Å². The Morgan fingerprint density at radius 3 is 2.41 bits per heavy atom. The molecule has 0 bridgehead atoms. The van der Waals surface area contributed by atoms with Gasteiger partial charge in [-0.3, -0.25) is 0 Å². The van der Waals surface area contributed by atoms with E-state index in [9.17, 15) is 35.9 Å². The van der Waals surface area contributed by atoms with Crippen LogP contribution in [-0.4, -0.2) is 88.0 Å². The first kappa shape index (κ1) is 27.8.